The second-order valence-electron chi connectivity index (χ2n) is 3.28. The van der Waals surface area contributed by atoms with Gasteiger partial charge >= 0.3 is 5.97 Å². The Hall–Kier alpha value is -1.23. The smallest absolute Gasteiger partial charge is 0.343 e. The molecule has 1 aromatic heterocycles. The SMILES string of the molecule is COC(=O)c1c[nH]c2c(c1=O)CCSC2. The first kappa shape index (κ1) is 10.3. The summed E-state index contributed by atoms with van der Waals surface area (Å²) in [6, 6.07) is 0. The van der Waals surface area contributed by atoms with Gasteiger partial charge in [0.25, 0.3) is 0 Å². The van der Waals surface area contributed by atoms with E-state index >= 15 is 0 Å². The van der Waals surface area contributed by atoms with Gasteiger partial charge in [-0.1, -0.05) is 0 Å². The van der Waals surface area contributed by atoms with Crippen molar-refractivity contribution in [2.24, 2.45) is 0 Å². The van der Waals surface area contributed by atoms with Crippen LogP contribution in [-0.2, 0) is 16.9 Å². The molecule has 0 saturated carbocycles. The Bertz CT molecular complexity index is 452. The molecule has 2 heterocycles. The van der Waals surface area contributed by atoms with Crippen molar-refractivity contribution >= 4 is 17.7 Å². The number of aromatic nitrogens is 1. The number of aromatic amines is 1. The maximum Gasteiger partial charge on any atom is 0.343 e. The monoisotopic (exact) mass is 225 g/mol. The molecule has 0 fully saturated rings. The summed E-state index contributed by atoms with van der Waals surface area (Å²) in [5, 5.41) is 0. The summed E-state index contributed by atoms with van der Waals surface area (Å²) in [7, 11) is 1.27. The molecule has 0 radical (unpaired) electrons. The van der Waals surface area contributed by atoms with Crippen LogP contribution in [0.2, 0.25) is 0 Å². The topological polar surface area (TPSA) is 59.2 Å². The molecule has 0 spiro atoms. The van der Waals surface area contributed by atoms with Gasteiger partial charge < -0.3 is 9.72 Å². The van der Waals surface area contributed by atoms with Crippen molar-refractivity contribution in [3.8, 4) is 0 Å². The number of thioether (sulfide) groups is 1. The molecule has 80 valence electrons. The molecule has 0 saturated heterocycles. The van der Waals surface area contributed by atoms with Gasteiger partial charge in [0.2, 0.25) is 0 Å². The van der Waals surface area contributed by atoms with E-state index in [0.717, 1.165) is 29.2 Å². The van der Waals surface area contributed by atoms with Crippen LogP contribution >= 0.6 is 11.8 Å². The largest absolute Gasteiger partial charge is 0.465 e. The zero-order valence-corrected chi connectivity index (χ0v) is 9.15. The predicted molar refractivity (Wildman–Crippen MR) is 58.3 cm³/mol. The zero-order chi connectivity index (χ0) is 10.8. The van der Waals surface area contributed by atoms with Crippen LogP contribution in [0.3, 0.4) is 0 Å². The van der Waals surface area contributed by atoms with Crippen LogP contribution in [0, 0.1) is 0 Å². The second-order valence-corrected chi connectivity index (χ2v) is 4.39. The predicted octanol–water partition coefficient (Wildman–Crippen LogP) is 0.951. The molecule has 1 aliphatic rings. The van der Waals surface area contributed by atoms with Gasteiger partial charge in [-0.3, -0.25) is 4.79 Å². The van der Waals surface area contributed by atoms with Crippen LogP contribution in [0.1, 0.15) is 21.6 Å². The Kier molecular flexibility index (Phi) is 2.81. The third-order valence-corrected chi connectivity index (χ3v) is 3.41. The van der Waals surface area contributed by atoms with E-state index in [9.17, 15) is 9.59 Å². The number of fused-ring (bicyclic) bond motifs is 1. The van der Waals surface area contributed by atoms with Crippen molar-refractivity contribution in [2.75, 3.05) is 12.9 Å². The lowest BCUT2D eigenvalue weighted by molar-refractivity contribution is 0.0598. The van der Waals surface area contributed by atoms with E-state index in [2.05, 4.69) is 9.72 Å². The summed E-state index contributed by atoms with van der Waals surface area (Å²) in [5.41, 5.74) is 1.58. The van der Waals surface area contributed by atoms with Gasteiger partial charge in [-0.15, -0.1) is 0 Å². The molecule has 4 nitrogen and oxygen atoms in total. The molecule has 15 heavy (non-hydrogen) atoms. The molecular weight excluding hydrogens is 214 g/mol. The van der Waals surface area contributed by atoms with Crippen LogP contribution < -0.4 is 5.43 Å². The second kappa shape index (κ2) is 4.10. The number of carbonyl (C=O) groups is 1. The molecule has 0 aliphatic carbocycles. The van der Waals surface area contributed by atoms with Gasteiger partial charge in [0.15, 0.2) is 5.43 Å². The molecule has 0 atom stereocenters. The van der Waals surface area contributed by atoms with Crippen LogP contribution in [-0.4, -0.2) is 23.8 Å². The van der Waals surface area contributed by atoms with Gasteiger partial charge in [0.05, 0.1) is 7.11 Å². The van der Waals surface area contributed by atoms with Gasteiger partial charge in [-0.25, -0.2) is 4.79 Å². The maximum absolute atomic E-state index is 11.9. The summed E-state index contributed by atoms with van der Waals surface area (Å²) in [5.74, 6) is 1.17. The average molecular weight is 225 g/mol. The summed E-state index contributed by atoms with van der Waals surface area (Å²) in [6.07, 6.45) is 2.17. The normalized spacial score (nSPS) is 14.5. The highest BCUT2D eigenvalue weighted by atomic mass is 32.2. The van der Waals surface area contributed by atoms with Crippen LogP contribution in [0.4, 0.5) is 0 Å². The van der Waals surface area contributed by atoms with E-state index in [0.29, 0.717) is 0 Å². The van der Waals surface area contributed by atoms with E-state index < -0.39 is 5.97 Å². The van der Waals surface area contributed by atoms with Crippen molar-refractivity contribution in [1.29, 1.82) is 0 Å². The van der Waals surface area contributed by atoms with Crippen LogP contribution in [0.15, 0.2) is 11.0 Å². The van der Waals surface area contributed by atoms with Gasteiger partial charge in [0, 0.05) is 23.2 Å². The third-order valence-electron chi connectivity index (χ3n) is 2.42. The third kappa shape index (κ3) is 1.79. The zero-order valence-electron chi connectivity index (χ0n) is 8.33. The molecule has 0 amide bonds. The summed E-state index contributed by atoms with van der Waals surface area (Å²) < 4.78 is 4.54. The molecule has 1 N–H and O–H groups in total. The number of rotatable bonds is 1. The fraction of sp³-hybridized carbons (Fsp3) is 0.400. The van der Waals surface area contributed by atoms with E-state index in [-0.39, 0.29) is 11.0 Å². The van der Waals surface area contributed by atoms with E-state index in [4.69, 9.17) is 0 Å². The highest BCUT2D eigenvalue weighted by molar-refractivity contribution is 7.98. The quantitative estimate of drug-likeness (QED) is 0.723. The first-order valence-electron chi connectivity index (χ1n) is 4.63. The number of H-pyrrole nitrogens is 1. The maximum atomic E-state index is 11.9. The standard InChI is InChI=1S/C10H11NO3S/c1-14-10(13)7-4-11-8-5-15-3-2-6(8)9(7)12/h4H,2-3,5H2,1H3,(H,11,12). The Morgan fingerprint density at radius 1 is 1.60 bits per heavy atom. The van der Waals surface area contributed by atoms with Gasteiger partial charge in [-0.2, -0.15) is 11.8 Å². The fourth-order valence-electron chi connectivity index (χ4n) is 1.61. The molecule has 0 aromatic carbocycles. The van der Waals surface area contributed by atoms with Crippen LogP contribution in [0.5, 0.6) is 0 Å². The Morgan fingerprint density at radius 3 is 3.13 bits per heavy atom. The van der Waals surface area contributed by atoms with Crippen molar-refractivity contribution in [2.45, 2.75) is 12.2 Å². The lowest BCUT2D eigenvalue weighted by atomic mass is 10.1. The van der Waals surface area contributed by atoms with Gasteiger partial charge in [-0.05, 0) is 12.2 Å². The minimum Gasteiger partial charge on any atom is -0.465 e. The minimum atomic E-state index is -0.572. The lowest BCUT2D eigenvalue weighted by Gasteiger charge is -2.14. The highest BCUT2D eigenvalue weighted by Crippen LogP contribution is 2.20. The van der Waals surface area contributed by atoms with E-state index in [1.54, 1.807) is 11.8 Å². The molecular formula is C10H11NO3S. The number of nitrogens with one attached hydrogen (secondary N) is 1. The molecule has 1 aliphatic heterocycles. The minimum absolute atomic E-state index is 0.100. The van der Waals surface area contributed by atoms with Crippen LogP contribution in [0.25, 0.3) is 0 Å². The van der Waals surface area contributed by atoms with Crippen molar-refractivity contribution in [1.82, 2.24) is 4.98 Å². The first-order chi connectivity index (χ1) is 7.24. The number of pyridine rings is 1. The number of ether oxygens (including phenoxy) is 1. The molecule has 5 heteroatoms. The summed E-state index contributed by atoms with van der Waals surface area (Å²) in [6.45, 7) is 0. The van der Waals surface area contributed by atoms with Gasteiger partial charge in [0.1, 0.15) is 5.56 Å². The number of hydrogen-bond acceptors (Lipinski definition) is 4. The molecule has 0 unspecified atom stereocenters. The number of carbonyl (C=O) groups excluding carboxylic acids is 1. The number of hydrogen-bond donors (Lipinski definition) is 1. The Morgan fingerprint density at radius 2 is 2.40 bits per heavy atom. The molecule has 2 rings (SSSR count). The number of esters is 1. The average Bonchev–Trinajstić information content (AvgIpc) is 2.29. The lowest BCUT2D eigenvalue weighted by Crippen LogP contribution is -2.24. The highest BCUT2D eigenvalue weighted by Gasteiger charge is 2.19. The van der Waals surface area contributed by atoms with Crippen molar-refractivity contribution in [3.05, 3.63) is 33.2 Å². The van der Waals surface area contributed by atoms with Crippen molar-refractivity contribution < 1.29 is 9.53 Å². The molecule has 0 bridgehead atoms. The summed E-state index contributed by atoms with van der Waals surface area (Å²) in [4.78, 5) is 26.1. The summed E-state index contributed by atoms with van der Waals surface area (Å²) >= 11 is 1.78. The number of methoxy groups -OCH3 is 1. The Balaban J connectivity index is 2.53. The van der Waals surface area contributed by atoms with Crippen molar-refractivity contribution in [3.63, 3.8) is 0 Å². The fourth-order valence-corrected chi connectivity index (χ4v) is 2.57. The van der Waals surface area contributed by atoms with E-state index in [1.807, 2.05) is 0 Å². The Labute approximate surface area is 91.0 Å². The molecule has 1 aromatic rings. The van der Waals surface area contributed by atoms with E-state index in [1.165, 1.54) is 13.3 Å². The first-order valence-corrected chi connectivity index (χ1v) is 5.79.